The second kappa shape index (κ2) is 8.32. The third-order valence-corrected chi connectivity index (χ3v) is 3.67. The van der Waals surface area contributed by atoms with Crippen LogP contribution in [0.5, 0.6) is 0 Å². The van der Waals surface area contributed by atoms with Gasteiger partial charge in [0.05, 0.1) is 0 Å². The molecule has 20 heavy (non-hydrogen) atoms. The Bertz CT molecular complexity index is 397. The molecule has 0 amide bonds. The number of rotatable bonds is 8. The van der Waals surface area contributed by atoms with E-state index < -0.39 is 0 Å². The molecule has 0 radical (unpaired) electrons. The Kier molecular flexibility index (Phi) is 7.10. The molecule has 0 aliphatic carbocycles. The van der Waals surface area contributed by atoms with E-state index in [0.29, 0.717) is 5.92 Å². The fourth-order valence-electron chi connectivity index (χ4n) is 2.59. The molecule has 0 fully saturated rings. The first-order chi connectivity index (χ1) is 9.53. The van der Waals surface area contributed by atoms with E-state index in [9.17, 15) is 0 Å². The monoisotopic (exact) mass is 279 g/mol. The van der Waals surface area contributed by atoms with Crippen molar-refractivity contribution in [1.29, 1.82) is 0 Å². The minimum Gasteiger partial charge on any atom is -0.373 e. The summed E-state index contributed by atoms with van der Waals surface area (Å²) in [5, 5.41) is 3.22. The molecule has 0 bridgehead atoms. The van der Waals surface area contributed by atoms with Crippen LogP contribution in [-0.2, 0) is 11.2 Å². The topological polar surface area (TPSA) is 47.0 Å². The van der Waals surface area contributed by atoms with Crippen molar-refractivity contribution in [3.63, 3.8) is 0 Å². The van der Waals surface area contributed by atoms with Crippen LogP contribution in [0, 0.1) is 19.8 Å². The summed E-state index contributed by atoms with van der Waals surface area (Å²) in [6.45, 7) is 9.57. The Morgan fingerprint density at radius 2 is 1.80 bits per heavy atom. The van der Waals surface area contributed by atoms with Gasteiger partial charge in [-0.25, -0.2) is 9.97 Å². The van der Waals surface area contributed by atoms with Gasteiger partial charge >= 0.3 is 0 Å². The molecule has 1 heterocycles. The molecular weight excluding hydrogens is 250 g/mol. The number of hydrogen-bond acceptors (Lipinski definition) is 4. The van der Waals surface area contributed by atoms with Gasteiger partial charge in [-0.05, 0) is 51.8 Å². The van der Waals surface area contributed by atoms with Crippen molar-refractivity contribution in [3.8, 4) is 0 Å². The normalized spacial score (nSPS) is 14.3. The Morgan fingerprint density at radius 3 is 2.25 bits per heavy atom. The number of aromatic nitrogens is 2. The van der Waals surface area contributed by atoms with Gasteiger partial charge in [0.15, 0.2) is 5.82 Å². The van der Waals surface area contributed by atoms with E-state index in [4.69, 9.17) is 4.74 Å². The molecular formula is C16H29N3O. The molecule has 4 heteroatoms. The fraction of sp³-hybridized carbons (Fsp3) is 0.750. The minimum absolute atomic E-state index is 0.0150. The average molecular weight is 279 g/mol. The summed E-state index contributed by atoms with van der Waals surface area (Å²) in [7, 11) is 3.72. The molecule has 0 aliphatic heterocycles. The predicted molar refractivity (Wildman–Crippen MR) is 83.0 cm³/mol. The van der Waals surface area contributed by atoms with Crippen LogP contribution in [-0.4, -0.2) is 30.7 Å². The zero-order valence-electron chi connectivity index (χ0n) is 13.8. The summed E-state index contributed by atoms with van der Waals surface area (Å²) in [6.07, 6.45) is 3.07. The number of aryl methyl sites for hydroxylation is 2. The van der Waals surface area contributed by atoms with E-state index in [1.54, 1.807) is 7.11 Å². The molecule has 0 saturated carbocycles. The lowest BCUT2D eigenvalue weighted by molar-refractivity contribution is 0.0872. The molecule has 1 aromatic heterocycles. The Morgan fingerprint density at radius 1 is 1.20 bits per heavy atom. The first-order valence-corrected chi connectivity index (χ1v) is 7.54. The van der Waals surface area contributed by atoms with Crippen LogP contribution in [0.2, 0.25) is 0 Å². The number of nitrogens with zero attached hydrogens (tertiary/aromatic N) is 2. The van der Waals surface area contributed by atoms with Gasteiger partial charge in [0.1, 0.15) is 6.10 Å². The van der Waals surface area contributed by atoms with Crippen molar-refractivity contribution in [2.24, 2.45) is 5.92 Å². The minimum atomic E-state index is 0.0150. The summed E-state index contributed by atoms with van der Waals surface area (Å²) < 4.78 is 5.51. The zero-order valence-corrected chi connectivity index (χ0v) is 13.8. The summed E-state index contributed by atoms with van der Waals surface area (Å²) in [4.78, 5) is 9.36. The molecule has 114 valence electrons. The summed E-state index contributed by atoms with van der Waals surface area (Å²) in [5.41, 5.74) is 3.46. The lowest BCUT2D eigenvalue weighted by Crippen LogP contribution is -2.20. The van der Waals surface area contributed by atoms with E-state index >= 15 is 0 Å². The van der Waals surface area contributed by atoms with Crippen LogP contribution in [0.3, 0.4) is 0 Å². The fourth-order valence-corrected chi connectivity index (χ4v) is 2.59. The highest BCUT2D eigenvalue weighted by molar-refractivity contribution is 5.25. The van der Waals surface area contributed by atoms with Crippen LogP contribution in [0.1, 0.15) is 55.6 Å². The van der Waals surface area contributed by atoms with Crippen LogP contribution in [0.4, 0.5) is 0 Å². The third kappa shape index (κ3) is 4.53. The van der Waals surface area contributed by atoms with E-state index in [-0.39, 0.29) is 6.10 Å². The molecule has 2 atom stereocenters. The average Bonchev–Trinajstić information content (AvgIpc) is 2.40. The van der Waals surface area contributed by atoms with Crippen LogP contribution in [0.25, 0.3) is 0 Å². The predicted octanol–water partition coefficient (Wildman–Crippen LogP) is 2.98. The van der Waals surface area contributed by atoms with E-state index in [0.717, 1.165) is 43.0 Å². The van der Waals surface area contributed by atoms with E-state index in [2.05, 4.69) is 43.0 Å². The summed E-state index contributed by atoms with van der Waals surface area (Å²) in [5.74, 6) is 1.41. The SMILES string of the molecule is CCCC(OC)c1nc(C)c(CC(C)CNC)c(C)n1. The largest absolute Gasteiger partial charge is 0.373 e. The highest BCUT2D eigenvalue weighted by atomic mass is 16.5. The van der Waals surface area contributed by atoms with Gasteiger partial charge in [0.25, 0.3) is 0 Å². The maximum atomic E-state index is 5.51. The third-order valence-electron chi connectivity index (χ3n) is 3.67. The molecule has 0 saturated heterocycles. The van der Waals surface area contributed by atoms with Crippen molar-refractivity contribution in [2.45, 2.75) is 53.1 Å². The van der Waals surface area contributed by atoms with Crippen molar-refractivity contribution < 1.29 is 4.74 Å². The Hall–Kier alpha value is -1.00. The lowest BCUT2D eigenvalue weighted by atomic mass is 9.98. The van der Waals surface area contributed by atoms with Gasteiger partial charge in [0, 0.05) is 18.5 Å². The van der Waals surface area contributed by atoms with Crippen molar-refractivity contribution in [1.82, 2.24) is 15.3 Å². The lowest BCUT2D eigenvalue weighted by Gasteiger charge is -2.18. The second-order valence-electron chi connectivity index (χ2n) is 5.61. The van der Waals surface area contributed by atoms with Gasteiger partial charge in [0.2, 0.25) is 0 Å². The molecule has 1 rings (SSSR count). The molecule has 0 spiro atoms. The summed E-state index contributed by atoms with van der Waals surface area (Å²) >= 11 is 0. The zero-order chi connectivity index (χ0) is 15.1. The maximum Gasteiger partial charge on any atom is 0.157 e. The van der Waals surface area contributed by atoms with Gasteiger partial charge in [-0.2, -0.15) is 0 Å². The second-order valence-corrected chi connectivity index (χ2v) is 5.61. The Labute approximate surface area is 123 Å². The number of ether oxygens (including phenoxy) is 1. The number of nitrogens with one attached hydrogen (secondary N) is 1. The van der Waals surface area contributed by atoms with Crippen LogP contribution in [0.15, 0.2) is 0 Å². The number of hydrogen-bond donors (Lipinski definition) is 1. The first-order valence-electron chi connectivity index (χ1n) is 7.54. The molecule has 2 unspecified atom stereocenters. The standard InChI is InChI=1S/C16H29N3O/c1-7-8-15(20-6)16-18-12(3)14(13(4)19-16)9-11(2)10-17-5/h11,15,17H,7-10H2,1-6H3. The van der Waals surface area contributed by atoms with Crippen molar-refractivity contribution in [3.05, 3.63) is 22.8 Å². The van der Waals surface area contributed by atoms with Gasteiger partial charge in [-0.1, -0.05) is 20.3 Å². The highest BCUT2D eigenvalue weighted by Crippen LogP contribution is 2.22. The van der Waals surface area contributed by atoms with Crippen molar-refractivity contribution >= 4 is 0 Å². The van der Waals surface area contributed by atoms with Crippen LogP contribution < -0.4 is 5.32 Å². The van der Waals surface area contributed by atoms with E-state index in [1.165, 1.54) is 5.56 Å². The van der Waals surface area contributed by atoms with E-state index in [1.807, 2.05) is 7.05 Å². The highest BCUT2D eigenvalue weighted by Gasteiger charge is 2.17. The molecule has 4 nitrogen and oxygen atoms in total. The molecule has 1 aromatic rings. The Balaban J connectivity index is 2.96. The molecule has 0 aromatic carbocycles. The molecule has 0 aliphatic rings. The van der Waals surface area contributed by atoms with Crippen molar-refractivity contribution in [2.75, 3.05) is 20.7 Å². The summed E-state index contributed by atoms with van der Waals surface area (Å²) in [6, 6.07) is 0. The van der Waals surface area contributed by atoms with Crippen LogP contribution >= 0.6 is 0 Å². The molecule has 1 N–H and O–H groups in total. The smallest absolute Gasteiger partial charge is 0.157 e. The quantitative estimate of drug-likeness (QED) is 0.794. The van der Waals surface area contributed by atoms with Gasteiger partial charge in [-0.15, -0.1) is 0 Å². The maximum absolute atomic E-state index is 5.51. The number of methoxy groups -OCH3 is 1. The first kappa shape index (κ1) is 17.1. The van der Waals surface area contributed by atoms with Gasteiger partial charge < -0.3 is 10.1 Å². The van der Waals surface area contributed by atoms with Gasteiger partial charge in [-0.3, -0.25) is 0 Å².